The Morgan fingerprint density at radius 1 is 1.50 bits per heavy atom. The third kappa shape index (κ3) is 2.42. The largest absolute Gasteiger partial charge is 0.326 e. The van der Waals surface area contributed by atoms with Crippen LogP contribution in [0.3, 0.4) is 0 Å². The molecule has 3 heteroatoms. The number of hydrogen-bond donors (Lipinski definition) is 1. The lowest BCUT2D eigenvalue weighted by Crippen LogP contribution is -2.08. The highest BCUT2D eigenvalue weighted by atomic mass is 16.1. The average Bonchev–Trinajstić information content (AvgIpc) is 2.16. The Labute approximate surface area is 83.1 Å². The van der Waals surface area contributed by atoms with Gasteiger partial charge in [0.25, 0.3) is 0 Å². The summed E-state index contributed by atoms with van der Waals surface area (Å²) in [5, 5.41) is 2.63. The highest BCUT2D eigenvalue weighted by Gasteiger charge is 2.03. The van der Waals surface area contributed by atoms with E-state index in [1.807, 2.05) is 19.1 Å². The van der Waals surface area contributed by atoms with E-state index < -0.39 is 0 Å². The molecule has 1 amide bonds. The highest BCUT2D eigenvalue weighted by Crippen LogP contribution is 2.16. The van der Waals surface area contributed by atoms with Crippen LogP contribution in [0.15, 0.2) is 18.2 Å². The topological polar surface area (TPSA) is 46.2 Å². The maximum Gasteiger partial charge on any atom is 0.221 e. The minimum Gasteiger partial charge on any atom is -0.326 e. The fourth-order valence-corrected chi connectivity index (χ4v) is 1.22. The molecule has 0 unspecified atom stereocenters. The Morgan fingerprint density at radius 3 is 2.71 bits per heavy atom. The summed E-state index contributed by atoms with van der Waals surface area (Å²) in [5.74, 6) is -0.165. The molecular weight excluding hydrogens is 178 g/mol. The van der Waals surface area contributed by atoms with Crippen molar-refractivity contribution in [1.82, 2.24) is 0 Å². The van der Waals surface area contributed by atoms with E-state index in [-0.39, 0.29) is 5.91 Å². The molecule has 0 spiro atoms. The van der Waals surface area contributed by atoms with Crippen molar-refractivity contribution in [2.45, 2.75) is 20.3 Å². The van der Waals surface area contributed by atoms with Gasteiger partial charge in [-0.3, -0.25) is 9.59 Å². The second kappa shape index (κ2) is 4.56. The fourth-order valence-electron chi connectivity index (χ4n) is 1.22. The molecule has 0 saturated heterocycles. The van der Waals surface area contributed by atoms with Crippen LogP contribution >= 0.6 is 0 Å². The lowest BCUT2D eigenvalue weighted by atomic mass is 10.1. The molecule has 1 N–H and O–H groups in total. The lowest BCUT2D eigenvalue weighted by molar-refractivity contribution is -0.114. The van der Waals surface area contributed by atoms with Crippen LogP contribution in [0.2, 0.25) is 0 Å². The summed E-state index contributed by atoms with van der Waals surface area (Å²) in [5.41, 5.74) is 2.20. The van der Waals surface area contributed by atoms with E-state index in [2.05, 4.69) is 5.32 Å². The van der Waals surface area contributed by atoms with E-state index >= 15 is 0 Å². The van der Waals surface area contributed by atoms with Crippen molar-refractivity contribution in [2.75, 3.05) is 5.32 Å². The first-order valence-electron chi connectivity index (χ1n) is 4.53. The van der Waals surface area contributed by atoms with Crippen LogP contribution in [0.1, 0.15) is 29.8 Å². The Hall–Kier alpha value is -1.64. The Morgan fingerprint density at radius 2 is 2.21 bits per heavy atom. The summed E-state index contributed by atoms with van der Waals surface area (Å²) in [6, 6.07) is 5.43. The first-order valence-corrected chi connectivity index (χ1v) is 4.53. The Kier molecular flexibility index (Phi) is 3.40. The molecule has 0 radical (unpaired) electrons. The van der Waals surface area contributed by atoms with Gasteiger partial charge in [0, 0.05) is 12.5 Å². The molecule has 74 valence electrons. The van der Waals surface area contributed by atoms with Gasteiger partial charge in [0.15, 0.2) is 6.29 Å². The minimum absolute atomic E-state index is 0.165. The van der Waals surface area contributed by atoms with E-state index in [0.29, 0.717) is 11.3 Å². The summed E-state index contributed by atoms with van der Waals surface area (Å²) >= 11 is 0. The second-order valence-corrected chi connectivity index (χ2v) is 3.07. The van der Waals surface area contributed by atoms with E-state index in [4.69, 9.17) is 0 Å². The van der Waals surface area contributed by atoms with Gasteiger partial charge in [-0.15, -0.1) is 0 Å². The maximum atomic E-state index is 10.9. The summed E-state index contributed by atoms with van der Waals surface area (Å²) in [4.78, 5) is 21.5. The number of rotatable bonds is 3. The van der Waals surface area contributed by atoms with Gasteiger partial charge in [0.2, 0.25) is 5.91 Å². The molecule has 0 aliphatic carbocycles. The van der Waals surface area contributed by atoms with E-state index in [1.54, 1.807) is 6.07 Å². The van der Waals surface area contributed by atoms with Gasteiger partial charge < -0.3 is 5.32 Å². The highest BCUT2D eigenvalue weighted by molar-refractivity contribution is 5.95. The monoisotopic (exact) mass is 191 g/mol. The number of benzene rings is 1. The van der Waals surface area contributed by atoms with Crippen molar-refractivity contribution in [3.8, 4) is 0 Å². The van der Waals surface area contributed by atoms with Crippen molar-refractivity contribution >= 4 is 17.9 Å². The summed E-state index contributed by atoms with van der Waals surface area (Å²) in [6.45, 7) is 3.45. The van der Waals surface area contributed by atoms with Crippen LogP contribution in [0.25, 0.3) is 0 Å². The summed E-state index contributed by atoms with van der Waals surface area (Å²) < 4.78 is 0. The molecule has 1 aromatic rings. The first kappa shape index (κ1) is 10.4. The van der Waals surface area contributed by atoms with Gasteiger partial charge in [0.05, 0.1) is 5.69 Å². The van der Waals surface area contributed by atoms with Crippen molar-refractivity contribution in [1.29, 1.82) is 0 Å². The number of carbonyl (C=O) groups excluding carboxylic acids is 2. The predicted octanol–water partition coefficient (Wildman–Crippen LogP) is 2.02. The standard InChI is InChI=1S/C11H13NO2/c1-3-9-4-5-10(7-13)11(6-9)12-8(2)14/h4-7H,3H2,1-2H3,(H,12,14). The zero-order valence-corrected chi connectivity index (χ0v) is 8.33. The molecule has 0 aromatic heterocycles. The number of nitrogens with one attached hydrogen (secondary N) is 1. The SMILES string of the molecule is CCc1ccc(C=O)c(NC(C)=O)c1. The van der Waals surface area contributed by atoms with Gasteiger partial charge in [0.1, 0.15) is 0 Å². The molecule has 0 fully saturated rings. The van der Waals surface area contributed by atoms with E-state index in [9.17, 15) is 9.59 Å². The maximum absolute atomic E-state index is 10.9. The Balaban J connectivity index is 3.07. The normalized spacial score (nSPS) is 9.57. The number of anilines is 1. The van der Waals surface area contributed by atoms with E-state index in [1.165, 1.54) is 6.92 Å². The smallest absolute Gasteiger partial charge is 0.221 e. The van der Waals surface area contributed by atoms with Crippen molar-refractivity contribution < 1.29 is 9.59 Å². The minimum atomic E-state index is -0.165. The number of aldehydes is 1. The molecule has 14 heavy (non-hydrogen) atoms. The van der Waals surface area contributed by atoms with Crippen LogP contribution in [0.5, 0.6) is 0 Å². The van der Waals surface area contributed by atoms with Gasteiger partial charge in [-0.1, -0.05) is 13.0 Å². The lowest BCUT2D eigenvalue weighted by Gasteiger charge is -2.06. The predicted molar refractivity (Wildman–Crippen MR) is 55.5 cm³/mol. The molecule has 0 saturated carbocycles. The molecule has 3 nitrogen and oxygen atoms in total. The van der Waals surface area contributed by atoms with Gasteiger partial charge in [-0.2, -0.15) is 0 Å². The summed E-state index contributed by atoms with van der Waals surface area (Å²) in [7, 11) is 0. The molecule has 1 rings (SSSR count). The van der Waals surface area contributed by atoms with Crippen LogP contribution in [0, 0.1) is 0 Å². The molecular formula is C11H13NO2. The first-order chi connectivity index (χ1) is 6.67. The molecule has 0 heterocycles. The van der Waals surface area contributed by atoms with Gasteiger partial charge in [-0.25, -0.2) is 0 Å². The summed E-state index contributed by atoms with van der Waals surface area (Å²) in [6.07, 6.45) is 1.62. The van der Waals surface area contributed by atoms with Gasteiger partial charge >= 0.3 is 0 Å². The molecule has 0 atom stereocenters. The Bertz CT molecular complexity index is 358. The van der Waals surface area contributed by atoms with Crippen LogP contribution < -0.4 is 5.32 Å². The van der Waals surface area contributed by atoms with Crippen LogP contribution in [-0.4, -0.2) is 12.2 Å². The third-order valence-electron chi connectivity index (χ3n) is 1.96. The molecule has 1 aromatic carbocycles. The quantitative estimate of drug-likeness (QED) is 0.743. The number of amides is 1. The van der Waals surface area contributed by atoms with Gasteiger partial charge in [-0.05, 0) is 24.1 Å². The fraction of sp³-hybridized carbons (Fsp3) is 0.273. The van der Waals surface area contributed by atoms with Crippen molar-refractivity contribution in [3.05, 3.63) is 29.3 Å². The molecule has 0 aliphatic heterocycles. The number of hydrogen-bond acceptors (Lipinski definition) is 2. The number of carbonyl (C=O) groups is 2. The molecule has 0 bridgehead atoms. The third-order valence-corrected chi connectivity index (χ3v) is 1.96. The second-order valence-electron chi connectivity index (χ2n) is 3.07. The van der Waals surface area contributed by atoms with Crippen LogP contribution in [0.4, 0.5) is 5.69 Å². The average molecular weight is 191 g/mol. The van der Waals surface area contributed by atoms with E-state index in [0.717, 1.165) is 18.3 Å². The zero-order valence-electron chi connectivity index (χ0n) is 8.33. The number of aryl methyl sites for hydroxylation is 1. The molecule has 0 aliphatic rings. The van der Waals surface area contributed by atoms with Crippen molar-refractivity contribution in [3.63, 3.8) is 0 Å². The zero-order chi connectivity index (χ0) is 10.6. The van der Waals surface area contributed by atoms with Crippen molar-refractivity contribution in [2.24, 2.45) is 0 Å². The van der Waals surface area contributed by atoms with Crippen LogP contribution in [-0.2, 0) is 11.2 Å².